The Morgan fingerprint density at radius 2 is 2.06 bits per heavy atom. The van der Waals surface area contributed by atoms with Crippen LogP contribution in [0, 0.1) is 11.3 Å². The quantitative estimate of drug-likeness (QED) is 0.634. The minimum Gasteiger partial charge on any atom is -0.364 e. The predicted octanol–water partition coefficient (Wildman–Crippen LogP) is 4.86. The second-order valence-electron chi connectivity index (χ2n) is 7.55. The van der Waals surface area contributed by atoms with Crippen LogP contribution < -0.4 is 0 Å². The summed E-state index contributed by atoms with van der Waals surface area (Å²) in [4.78, 5) is 0. The Kier molecular flexibility index (Phi) is 2.72. The van der Waals surface area contributed by atoms with Gasteiger partial charge in [0, 0.05) is 5.41 Å². The van der Waals surface area contributed by atoms with Crippen molar-refractivity contribution in [2.45, 2.75) is 83.8 Å². The first kappa shape index (κ1) is 12.7. The Morgan fingerprint density at radius 3 is 2.78 bits per heavy atom. The highest BCUT2D eigenvalue weighted by Gasteiger charge is 2.64. The van der Waals surface area contributed by atoms with Crippen LogP contribution in [0.2, 0.25) is 0 Å². The van der Waals surface area contributed by atoms with Crippen molar-refractivity contribution >= 4 is 0 Å². The molecule has 1 heterocycles. The molecule has 1 saturated carbocycles. The van der Waals surface area contributed by atoms with Crippen molar-refractivity contribution in [1.82, 2.24) is 0 Å². The maximum Gasteiger partial charge on any atom is 0.0955 e. The second-order valence-corrected chi connectivity index (χ2v) is 7.55. The summed E-state index contributed by atoms with van der Waals surface area (Å²) in [5.74, 6) is 0.768. The van der Waals surface area contributed by atoms with E-state index in [1.807, 2.05) is 0 Å². The summed E-state index contributed by atoms with van der Waals surface area (Å²) in [6, 6.07) is 0. The van der Waals surface area contributed by atoms with Gasteiger partial charge >= 0.3 is 0 Å². The van der Waals surface area contributed by atoms with Crippen LogP contribution in [0.1, 0.15) is 72.6 Å². The molecule has 0 radical (unpaired) electrons. The maximum absolute atomic E-state index is 6.76. The number of rotatable bonds is 2. The zero-order valence-corrected chi connectivity index (χ0v) is 12.5. The Morgan fingerprint density at radius 1 is 1.28 bits per heavy atom. The van der Waals surface area contributed by atoms with Crippen LogP contribution in [0.3, 0.4) is 0 Å². The van der Waals surface area contributed by atoms with Gasteiger partial charge < -0.3 is 4.74 Å². The van der Waals surface area contributed by atoms with Crippen LogP contribution in [0.25, 0.3) is 0 Å². The van der Waals surface area contributed by atoms with Crippen molar-refractivity contribution in [3.05, 3.63) is 11.6 Å². The van der Waals surface area contributed by atoms with Gasteiger partial charge in [-0.1, -0.05) is 26.3 Å². The lowest BCUT2D eigenvalue weighted by Gasteiger charge is -2.52. The summed E-state index contributed by atoms with van der Waals surface area (Å²) < 4.78 is 6.76. The molecule has 3 aliphatic rings. The van der Waals surface area contributed by atoms with Gasteiger partial charge in [-0.3, -0.25) is 0 Å². The summed E-state index contributed by atoms with van der Waals surface area (Å²) in [6.45, 7) is 9.42. The van der Waals surface area contributed by atoms with Gasteiger partial charge in [-0.2, -0.15) is 0 Å². The number of allylic oxidation sites excluding steroid dienone is 1. The van der Waals surface area contributed by atoms with Crippen LogP contribution >= 0.6 is 0 Å². The van der Waals surface area contributed by atoms with Gasteiger partial charge in [-0.15, -0.1) is 0 Å². The molecule has 2 bridgehead atoms. The highest BCUT2D eigenvalue weighted by atomic mass is 16.5. The van der Waals surface area contributed by atoms with Crippen molar-refractivity contribution in [3.8, 4) is 0 Å². The third-order valence-corrected chi connectivity index (χ3v) is 6.10. The lowest BCUT2D eigenvalue weighted by atomic mass is 9.55. The van der Waals surface area contributed by atoms with Crippen molar-refractivity contribution in [2.24, 2.45) is 11.3 Å². The lowest BCUT2D eigenvalue weighted by Crippen LogP contribution is -2.51. The molecule has 1 nitrogen and oxygen atoms in total. The minimum absolute atomic E-state index is 0.0852. The van der Waals surface area contributed by atoms with Crippen molar-refractivity contribution in [1.29, 1.82) is 0 Å². The normalized spacial score (nSPS) is 45.6. The van der Waals surface area contributed by atoms with Crippen LogP contribution in [0.4, 0.5) is 0 Å². The average molecular weight is 248 g/mol. The molecule has 0 unspecified atom stereocenters. The largest absolute Gasteiger partial charge is 0.364 e. The summed E-state index contributed by atoms with van der Waals surface area (Å²) in [7, 11) is 0. The number of hydrogen-bond acceptors (Lipinski definition) is 1. The number of ether oxygens (including phenoxy) is 1. The molecule has 2 aliphatic carbocycles. The zero-order valence-electron chi connectivity index (χ0n) is 12.5. The monoisotopic (exact) mass is 248 g/mol. The molecule has 1 spiro atoms. The fourth-order valence-electron chi connectivity index (χ4n) is 4.90. The molecule has 102 valence electrons. The first-order valence-corrected chi connectivity index (χ1v) is 7.83. The first-order chi connectivity index (χ1) is 8.44. The molecular formula is C17H28O. The zero-order chi connectivity index (χ0) is 13.0. The number of fused-ring (bicyclic) bond motifs is 1. The van der Waals surface area contributed by atoms with E-state index in [-0.39, 0.29) is 11.2 Å². The molecule has 0 aromatic heterocycles. The topological polar surface area (TPSA) is 9.23 Å². The fraction of sp³-hybridized carbons (Fsp3) is 0.882. The summed E-state index contributed by atoms with van der Waals surface area (Å²) in [6.07, 6.45) is 11.6. The Balaban J connectivity index is 2.05. The summed E-state index contributed by atoms with van der Waals surface area (Å²) in [5, 5.41) is 0. The number of hydrogen-bond donors (Lipinski definition) is 0. The fourth-order valence-corrected chi connectivity index (χ4v) is 4.90. The van der Waals surface area contributed by atoms with E-state index in [9.17, 15) is 0 Å². The van der Waals surface area contributed by atoms with Crippen LogP contribution in [-0.4, -0.2) is 11.2 Å². The van der Waals surface area contributed by atoms with Gasteiger partial charge in [0.25, 0.3) is 0 Å². The van der Waals surface area contributed by atoms with Gasteiger partial charge in [0.15, 0.2) is 0 Å². The smallest absolute Gasteiger partial charge is 0.0955 e. The van der Waals surface area contributed by atoms with E-state index in [1.54, 1.807) is 5.57 Å². The highest BCUT2D eigenvalue weighted by Crippen LogP contribution is 2.64. The third kappa shape index (κ3) is 1.49. The minimum atomic E-state index is 0.0852. The Hall–Kier alpha value is -0.300. The third-order valence-electron chi connectivity index (χ3n) is 6.10. The molecule has 1 saturated heterocycles. The van der Waals surface area contributed by atoms with Crippen LogP contribution in [-0.2, 0) is 4.74 Å². The molecule has 18 heavy (non-hydrogen) atoms. The van der Waals surface area contributed by atoms with Crippen molar-refractivity contribution in [3.63, 3.8) is 0 Å². The molecule has 0 amide bonds. The standard InChI is InChI=1S/C17H28O/c1-5-7-13-8-6-10-16(4)11-9-14-12-17(13,16)18-15(14,2)3/h8,14H,5-7,9-12H2,1-4H3/t14-,16+,17+/m1/s1. The van der Waals surface area contributed by atoms with Gasteiger partial charge in [0.2, 0.25) is 0 Å². The molecule has 3 rings (SSSR count). The second kappa shape index (κ2) is 3.85. The van der Waals surface area contributed by atoms with E-state index in [0.29, 0.717) is 5.41 Å². The Bertz CT molecular complexity index is 381. The van der Waals surface area contributed by atoms with E-state index >= 15 is 0 Å². The maximum atomic E-state index is 6.76. The van der Waals surface area contributed by atoms with E-state index in [0.717, 1.165) is 5.92 Å². The molecule has 1 heteroatoms. The lowest BCUT2D eigenvalue weighted by molar-refractivity contribution is -0.132. The van der Waals surface area contributed by atoms with Gasteiger partial charge in [-0.05, 0) is 63.9 Å². The van der Waals surface area contributed by atoms with E-state index in [1.165, 1.54) is 44.9 Å². The molecule has 3 atom stereocenters. The first-order valence-electron chi connectivity index (χ1n) is 7.83. The summed E-state index contributed by atoms with van der Waals surface area (Å²) in [5.41, 5.74) is 2.21. The van der Waals surface area contributed by atoms with Gasteiger partial charge in [0.1, 0.15) is 0 Å². The van der Waals surface area contributed by atoms with E-state index in [4.69, 9.17) is 4.74 Å². The van der Waals surface area contributed by atoms with E-state index < -0.39 is 0 Å². The highest BCUT2D eigenvalue weighted by molar-refractivity contribution is 5.31. The predicted molar refractivity (Wildman–Crippen MR) is 75.6 cm³/mol. The Labute approximate surface area is 112 Å². The molecule has 0 aromatic rings. The van der Waals surface area contributed by atoms with Gasteiger partial charge in [0.05, 0.1) is 11.2 Å². The molecule has 2 fully saturated rings. The summed E-state index contributed by atoms with van der Waals surface area (Å²) >= 11 is 0. The molecular weight excluding hydrogens is 220 g/mol. The molecule has 1 aliphatic heterocycles. The van der Waals surface area contributed by atoms with Crippen LogP contribution in [0.5, 0.6) is 0 Å². The SMILES string of the molecule is CCCC1=CCC[C@@]2(C)CC[C@@H]3C[C@]12OC3(C)C. The van der Waals surface area contributed by atoms with E-state index in [2.05, 4.69) is 33.8 Å². The molecule has 0 aromatic carbocycles. The van der Waals surface area contributed by atoms with Gasteiger partial charge in [-0.25, -0.2) is 0 Å². The van der Waals surface area contributed by atoms with Crippen molar-refractivity contribution in [2.75, 3.05) is 0 Å². The van der Waals surface area contributed by atoms with Crippen LogP contribution in [0.15, 0.2) is 11.6 Å². The average Bonchev–Trinajstić information content (AvgIpc) is 2.53. The molecule has 0 N–H and O–H groups in total. The van der Waals surface area contributed by atoms with Crippen molar-refractivity contribution < 1.29 is 4.74 Å².